The van der Waals surface area contributed by atoms with Crippen LogP contribution in [-0.2, 0) is 19.3 Å². The molecule has 0 spiro atoms. The van der Waals surface area contributed by atoms with Crippen molar-refractivity contribution < 1.29 is 15.3 Å². The van der Waals surface area contributed by atoms with Gasteiger partial charge in [-0.3, -0.25) is 0 Å². The first-order chi connectivity index (χ1) is 23.6. The summed E-state index contributed by atoms with van der Waals surface area (Å²) in [6, 6.07) is 12.6. The van der Waals surface area contributed by atoms with Crippen molar-refractivity contribution in [3.8, 4) is 17.2 Å². The van der Waals surface area contributed by atoms with Gasteiger partial charge in [-0.15, -0.1) is 34.8 Å². The molecule has 3 nitrogen and oxygen atoms in total. The van der Waals surface area contributed by atoms with E-state index in [0.717, 1.165) is 136 Å². The molecule has 0 bridgehead atoms. The molecular formula is C43H61Cl3O3. The highest BCUT2D eigenvalue weighted by atomic mass is 35.5. The van der Waals surface area contributed by atoms with E-state index in [4.69, 9.17) is 34.8 Å². The van der Waals surface area contributed by atoms with Crippen LogP contribution >= 0.6 is 34.8 Å². The molecule has 0 aliphatic rings. The number of alkyl halides is 3. The van der Waals surface area contributed by atoms with Gasteiger partial charge in [-0.25, -0.2) is 0 Å². The first kappa shape index (κ1) is 41.4. The minimum atomic E-state index is 0.0633. The van der Waals surface area contributed by atoms with E-state index < -0.39 is 0 Å². The number of hydrogen-bond acceptors (Lipinski definition) is 3. The lowest BCUT2D eigenvalue weighted by molar-refractivity contribution is 0.464. The first-order valence-electron chi connectivity index (χ1n) is 18.8. The fourth-order valence-corrected chi connectivity index (χ4v) is 7.91. The van der Waals surface area contributed by atoms with Crippen LogP contribution in [0.5, 0.6) is 17.2 Å². The Kier molecular flexibility index (Phi) is 18.6. The highest BCUT2D eigenvalue weighted by Crippen LogP contribution is 2.42. The molecule has 0 radical (unpaired) electrons. The van der Waals surface area contributed by atoms with Crippen LogP contribution in [0, 0.1) is 20.8 Å². The topological polar surface area (TPSA) is 60.7 Å². The SMILES string of the molecule is Cc1cc(O)c(CCCCCCCl)cc1C(C)CC(c1cc(CCCCCCCl)c(O)cc1C)c1cc(CCCCCCCl)c(O)cc1C. The summed E-state index contributed by atoms with van der Waals surface area (Å²) in [5.74, 6) is 3.48. The minimum absolute atomic E-state index is 0.0633. The van der Waals surface area contributed by atoms with Crippen LogP contribution in [0.3, 0.4) is 0 Å². The van der Waals surface area contributed by atoms with Crippen LogP contribution < -0.4 is 0 Å². The van der Waals surface area contributed by atoms with Crippen LogP contribution in [0.4, 0.5) is 0 Å². The van der Waals surface area contributed by atoms with Gasteiger partial charge in [0.2, 0.25) is 0 Å². The smallest absolute Gasteiger partial charge is 0.119 e. The lowest BCUT2D eigenvalue weighted by Crippen LogP contribution is -2.12. The molecule has 0 saturated heterocycles. The maximum Gasteiger partial charge on any atom is 0.119 e. The van der Waals surface area contributed by atoms with Crippen molar-refractivity contribution >= 4 is 34.8 Å². The molecule has 272 valence electrons. The molecule has 0 aromatic heterocycles. The minimum Gasteiger partial charge on any atom is -0.508 e. The molecule has 3 aromatic rings. The van der Waals surface area contributed by atoms with Gasteiger partial charge in [0.25, 0.3) is 0 Å². The predicted molar refractivity (Wildman–Crippen MR) is 212 cm³/mol. The maximum absolute atomic E-state index is 11.0. The van der Waals surface area contributed by atoms with Crippen molar-refractivity contribution in [2.24, 2.45) is 0 Å². The van der Waals surface area contributed by atoms with E-state index in [2.05, 4.69) is 45.9 Å². The fraction of sp³-hybridized carbons (Fsp3) is 0.581. The average Bonchev–Trinajstić information content (AvgIpc) is 3.06. The lowest BCUT2D eigenvalue weighted by Gasteiger charge is -2.28. The summed E-state index contributed by atoms with van der Waals surface area (Å²) in [5, 5.41) is 33.0. The monoisotopic (exact) mass is 730 g/mol. The van der Waals surface area contributed by atoms with Gasteiger partial charge in [0.1, 0.15) is 17.2 Å². The number of phenolic OH excluding ortho intramolecular Hbond substituents is 3. The van der Waals surface area contributed by atoms with E-state index in [-0.39, 0.29) is 11.8 Å². The van der Waals surface area contributed by atoms with Gasteiger partial charge in [-0.05, 0) is 159 Å². The third kappa shape index (κ3) is 12.9. The Bertz CT molecular complexity index is 1370. The standard InChI is InChI=1S/C43H61Cl3O3/c1-30(37-27-34(41(47)24-31(37)2)17-11-5-8-14-20-44)23-40(38-28-35(42(48)25-32(38)3)18-12-6-9-15-21-45)39-29-36(43(49)26-33(39)4)19-13-7-10-16-22-46/h24-30,40,47-49H,5-23H2,1-4H3. The molecule has 0 aliphatic heterocycles. The molecule has 1 atom stereocenters. The fourth-order valence-electron chi connectivity index (χ4n) is 7.34. The average molecular weight is 732 g/mol. The van der Waals surface area contributed by atoms with Crippen molar-refractivity contribution in [1.29, 1.82) is 0 Å². The number of unbranched alkanes of at least 4 members (excludes halogenated alkanes) is 9. The number of halogens is 3. The van der Waals surface area contributed by atoms with Crippen LogP contribution in [-0.4, -0.2) is 33.0 Å². The molecule has 0 aliphatic carbocycles. The molecule has 0 heterocycles. The molecule has 1 unspecified atom stereocenters. The van der Waals surface area contributed by atoms with Crippen molar-refractivity contribution in [2.45, 2.75) is 142 Å². The van der Waals surface area contributed by atoms with Crippen LogP contribution in [0.2, 0.25) is 0 Å². The molecule has 0 amide bonds. The third-order valence-electron chi connectivity index (χ3n) is 10.3. The van der Waals surface area contributed by atoms with E-state index in [0.29, 0.717) is 34.9 Å². The predicted octanol–water partition coefficient (Wildman–Crippen LogP) is 13.1. The van der Waals surface area contributed by atoms with E-state index in [1.807, 2.05) is 18.2 Å². The van der Waals surface area contributed by atoms with Crippen LogP contribution in [0.1, 0.15) is 152 Å². The molecular weight excluding hydrogens is 671 g/mol. The second-order valence-electron chi connectivity index (χ2n) is 14.3. The van der Waals surface area contributed by atoms with E-state index >= 15 is 0 Å². The quantitative estimate of drug-likeness (QED) is 0.0672. The molecule has 49 heavy (non-hydrogen) atoms. The second-order valence-corrected chi connectivity index (χ2v) is 15.4. The largest absolute Gasteiger partial charge is 0.508 e. The van der Waals surface area contributed by atoms with Crippen LogP contribution in [0.15, 0.2) is 36.4 Å². The number of rotatable bonds is 23. The highest BCUT2D eigenvalue weighted by Gasteiger charge is 2.25. The Morgan fingerprint density at radius 1 is 0.449 bits per heavy atom. The summed E-state index contributed by atoms with van der Waals surface area (Å²) < 4.78 is 0. The van der Waals surface area contributed by atoms with Gasteiger partial charge < -0.3 is 15.3 Å². The first-order valence-corrected chi connectivity index (χ1v) is 20.4. The van der Waals surface area contributed by atoms with Crippen molar-refractivity contribution in [2.75, 3.05) is 17.6 Å². The highest BCUT2D eigenvalue weighted by molar-refractivity contribution is 6.18. The van der Waals surface area contributed by atoms with E-state index in [1.165, 1.54) is 16.7 Å². The van der Waals surface area contributed by atoms with Gasteiger partial charge in [0.05, 0.1) is 0 Å². The van der Waals surface area contributed by atoms with Gasteiger partial charge in [-0.1, -0.05) is 63.6 Å². The zero-order valence-electron chi connectivity index (χ0n) is 30.5. The Hall–Kier alpha value is -2.07. The molecule has 0 saturated carbocycles. The summed E-state index contributed by atoms with van der Waals surface area (Å²) in [7, 11) is 0. The summed E-state index contributed by atoms with van der Waals surface area (Å²) in [5.41, 5.74) is 10.0. The number of hydrogen-bond donors (Lipinski definition) is 3. The summed E-state index contributed by atoms with van der Waals surface area (Å²) >= 11 is 17.7. The molecule has 0 fully saturated rings. The summed E-state index contributed by atoms with van der Waals surface area (Å²) in [4.78, 5) is 0. The maximum atomic E-state index is 11.0. The number of aryl methyl sites for hydroxylation is 6. The summed E-state index contributed by atoms with van der Waals surface area (Å²) in [6.07, 6.45) is 16.1. The van der Waals surface area contributed by atoms with Crippen molar-refractivity contribution in [3.63, 3.8) is 0 Å². The zero-order chi connectivity index (χ0) is 35.8. The van der Waals surface area contributed by atoms with Gasteiger partial charge in [-0.2, -0.15) is 0 Å². The summed E-state index contributed by atoms with van der Waals surface area (Å²) in [6.45, 7) is 8.63. The van der Waals surface area contributed by atoms with E-state index in [1.54, 1.807) is 0 Å². The van der Waals surface area contributed by atoms with Gasteiger partial charge in [0, 0.05) is 23.6 Å². The van der Waals surface area contributed by atoms with Gasteiger partial charge >= 0.3 is 0 Å². The van der Waals surface area contributed by atoms with Crippen molar-refractivity contribution in [3.05, 3.63) is 86.5 Å². The van der Waals surface area contributed by atoms with Crippen LogP contribution in [0.25, 0.3) is 0 Å². The number of phenols is 3. The van der Waals surface area contributed by atoms with Gasteiger partial charge in [0.15, 0.2) is 0 Å². The molecule has 6 heteroatoms. The Balaban J connectivity index is 2.02. The van der Waals surface area contributed by atoms with Crippen molar-refractivity contribution in [1.82, 2.24) is 0 Å². The molecule has 3 N–H and O–H groups in total. The Labute approximate surface area is 312 Å². The number of benzene rings is 3. The Morgan fingerprint density at radius 3 is 1.10 bits per heavy atom. The third-order valence-corrected chi connectivity index (χ3v) is 11.1. The lowest BCUT2D eigenvalue weighted by atomic mass is 9.76. The Morgan fingerprint density at radius 2 is 0.755 bits per heavy atom. The number of aromatic hydroxyl groups is 3. The molecule has 3 rings (SSSR count). The second kappa shape index (κ2) is 22.0. The molecule has 3 aromatic carbocycles. The normalized spacial score (nSPS) is 12.2. The zero-order valence-corrected chi connectivity index (χ0v) is 32.8. The van der Waals surface area contributed by atoms with E-state index in [9.17, 15) is 15.3 Å².